The van der Waals surface area contributed by atoms with Gasteiger partial charge >= 0.3 is 0 Å². The smallest absolute Gasteiger partial charge is 0.255 e. The number of hydrogen-bond acceptors (Lipinski definition) is 5. The van der Waals surface area contributed by atoms with Gasteiger partial charge in [0, 0.05) is 10.9 Å². The van der Waals surface area contributed by atoms with Crippen molar-refractivity contribution < 1.29 is 14.3 Å². The van der Waals surface area contributed by atoms with Gasteiger partial charge in [0.25, 0.3) is 5.91 Å². The van der Waals surface area contributed by atoms with Gasteiger partial charge in [0.2, 0.25) is 5.91 Å². The molecule has 0 bridgehead atoms. The van der Waals surface area contributed by atoms with Crippen LogP contribution in [0, 0.1) is 0 Å². The third-order valence-electron chi connectivity index (χ3n) is 5.02. The summed E-state index contributed by atoms with van der Waals surface area (Å²) < 4.78 is 5.89. The van der Waals surface area contributed by atoms with Crippen LogP contribution in [0.1, 0.15) is 16.1 Å². The highest BCUT2D eigenvalue weighted by atomic mass is 32.2. The Balaban J connectivity index is 1.29. The van der Waals surface area contributed by atoms with Crippen molar-refractivity contribution in [3.05, 3.63) is 90.1 Å². The lowest BCUT2D eigenvalue weighted by molar-refractivity contribution is -0.113. The van der Waals surface area contributed by atoms with E-state index in [1.165, 1.54) is 11.8 Å². The van der Waals surface area contributed by atoms with Gasteiger partial charge in [-0.3, -0.25) is 9.59 Å². The van der Waals surface area contributed by atoms with E-state index < -0.39 is 0 Å². The Morgan fingerprint density at radius 3 is 2.84 bits per heavy atom. The summed E-state index contributed by atoms with van der Waals surface area (Å²) in [5, 5.41) is 6.85. The molecular weight excluding hydrogens is 422 g/mol. The summed E-state index contributed by atoms with van der Waals surface area (Å²) in [6.07, 6.45) is 0. The number of amides is 2. The predicted octanol–water partition coefficient (Wildman–Crippen LogP) is 5.11. The normalized spacial score (nSPS) is 12.7. The second-order valence-corrected chi connectivity index (χ2v) is 8.27. The number of aromatic nitrogens is 1. The van der Waals surface area contributed by atoms with Crippen molar-refractivity contribution in [1.29, 1.82) is 0 Å². The van der Waals surface area contributed by atoms with E-state index in [2.05, 4.69) is 15.6 Å². The highest BCUT2D eigenvalue weighted by Crippen LogP contribution is 2.37. The number of anilines is 2. The van der Waals surface area contributed by atoms with Crippen LogP contribution >= 0.6 is 11.8 Å². The van der Waals surface area contributed by atoms with Crippen LogP contribution in [0.5, 0.6) is 5.75 Å². The number of carbonyl (C=O) groups excluding carboxylic acids is 2. The molecule has 158 valence electrons. The number of rotatable bonds is 5. The van der Waals surface area contributed by atoms with Gasteiger partial charge in [-0.05, 0) is 42.5 Å². The average molecular weight is 442 g/mol. The first-order valence-electron chi connectivity index (χ1n) is 10.1. The Morgan fingerprint density at radius 2 is 1.91 bits per heavy atom. The van der Waals surface area contributed by atoms with Gasteiger partial charge in [-0.1, -0.05) is 36.4 Å². The average Bonchev–Trinajstić information content (AvgIpc) is 2.82. The van der Waals surface area contributed by atoms with Crippen molar-refractivity contribution in [3.8, 4) is 5.75 Å². The van der Waals surface area contributed by atoms with Gasteiger partial charge in [0.1, 0.15) is 12.4 Å². The van der Waals surface area contributed by atoms with Gasteiger partial charge in [-0.15, -0.1) is 11.8 Å². The molecule has 0 radical (unpaired) electrons. The quantitative estimate of drug-likeness (QED) is 0.450. The number of ether oxygens (including phenoxy) is 1. The van der Waals surface area contributed by atoms with Gasteiger partial charge in [-0.25, -0.2) is 4.98 Å². The van der Waals surface area contributed by atoms with Crippen molar-refractivity contribution in [2.45, 2.75) is 11.5 Å². The molecule has 3 aromatic carbocycles. The van der Waals surface area contributed by atoms with E-state index in [4.69, 9.17) is 4.74 Å². The number of fused-ring (bicyclic) bond motifs is 2. The van der Waals surface area contributed by atoms with Crippen molar-refractivity contribution in [2.75, 3.05) is 16.4 Å². The number of carbonyl (C=O) groups is 2. The Labute approximate surface area is 189 Å². The van der Waals surface area contributed by atoms with Crippen LogP contribution in [-0.4, -0.2) is 22.6 Å². The molecule has 0 saturated heterocycles. The fourth-order valence-electron chi connectivity index (χ4n) is 3.48. The van der Waals surface area contributed by atoms with Crippen LogP contribution in [0.15, 0.2) is 83.8 Å². The lowest BCUT2D eigenvalue weighted by Crippen LogP contribution is -2.20. The molecule has 1 aromatic heterocycles. The fourth-order valence-corrected chi connectivity index (χ4v) is 4.38. The van der Waals surface area contributed by atoms with Gasteiger partial charge in [0.15, 0.2) is 0 Å². The number of hydrogen-bond donors (Lipinski definition) is 2. The predicted molar refractivity (Wildman–Crippen MR) is 126 cm³/mol. The molecule has 0 saturated carbocycles. The Morgan fingerprint density at radius 1 is 1.03 bits per heavy atom. The van der Waals surface area contributed by atoms with Gasteiger partial charge in [-0.2, -0.15) is 0 Å². The van der Waals surface area contributed by atoms with Crippen LogP contribution in [0.3, 0.4) is 0 Å². The molecule has 4 aromatic rings. The van der Waals surface area contributed by atoms with E-state index in [9.17, 15) is 9.59 Å². The van der Waals surface area contributed by atoms with E-state index in [0.29, 0.717) is 35.0 Å². The van der Waals surface area contributed by atoms with Crippen LogP contribution in [-0.2, 0) is 11.4 Å². The van der Waals surface area contributed by atoms with Crippen LogP contribution in [0.25, 0.3) is 10.9 Å². The summed E-state index contributed by atoms with van der Waals surface area (Å²) in [4.78, 5) is 29.9. The van der Waals surface area contributed by atoms with Crippen LogP contribution < -0.4 is 15.4 Å². The monoisotopic (exact) mass is 441 g/mol. The first-order valence-corrected chi connectivity index (χ1v) is 11.1. The fraction of sp³-hybridized carbons (Fsp3) is 0.0800. The Kier molecular flexibility index (Phi) is 5.47. The van der Waals surface area contributed by atoms with E-state index in [1.807, 2.05) is 54.6 Å². The van der Waals surface area contributed by atoms with Gasteiger partial charge < -0.3 is 15.4 Å². The van der Waals surface area contributed by atoms with Gasteiger partial charge in [0.05, 0.1) is 33.2 Å². The van der Waals surface area contributed by atoms with E-state index in [1.54, 1.807) is 24.3 Å². The number of nitrogens with one attached hydrogen (secondary N) is 2. The second kappa shape index (κ2) is 8.72. The number of para-hydroxylation sites is 1. The molecule has 0 fully saturated rings. The van der Waals surface area contributed by atoms with Crippen molar-refractivity contribution in [3.63, 3.8) is 0 Å². The van der Waals surface area contributed by atoms with Crippen molar-refractivity contribution in [1.82, 2.24) is 4.98 Å². The summed E-state index contributed by atoms with van der Waals surface area (Å²) in [6.45, 7) is 0.304. The van der Waals surface area contributed by atoms with E-state index in [0.717, 1.165) is 21.5 Å². The largest absolute Gasteiger partial charge is 0.487 e. The first kappa shape index (κ1) is 20.1. The van der Waals surface area contributed by atoms with E-state index >= 15 is 0 Å². The summed E-state index contributed by atoms with van der Waals surface area (Å²) in [5.74, 6) is 0.623. The molecule has 2 N–H and O–H groups in total. The molecule has 1 aliphatic rings. The zero-order chi connectivity index (χ0) is 21.9. The topological polar surface area (TPSA) is 80.3 Å². The standard InChI is InChI=1S/C25H19N3O3S/c29-23-15-32-24-21(27-23)9-4-10-22(24)28-25(30)17-6-3-7-19(13-17)31-14-18-12-11-16-5-1-2-8-20(16)26-18/h1-13H,14-15H2,(H,27,29)(H,28,30). The molecular formula is C25H19N3O3S. The molecule has 2 amide bonds. The third-order valence-corrected chi connectivity index (χ3v) is 6.16. The zero-order valence-corrected chi connectivity index (χ0v) is 17.8. The molecule has 6 nitrogen and oxygen atoms in total. The maximum absolute atomic E-state index is 12.9. The molecule has 7 heteroatoms. The molecule has 5 rings (SSSR count). The van der Waals surface area contributed by atoms with Crippen LogP contribution in [0.2, 0.25) is 0 Å². The minimum atomic E-state index is -0.245. The first-order chi connectivity index (χ1) is 15.7. The molecule has 1 aliphatic heterocycles. The number of benzene rings is 3. The summed E-state index contributed by atoms with van der Waals surface area (Å²) in [6, 6.07) is 24.4. The summed E-state index contributed by atoms with van der Waals surface area (Å²) in [7, 11) is 0. The third kappa shape index (κ3) is 4.29. The number of nitrogens with zero attached hydrogens (tertiary/aromatic N) is 1. The number of pyridine rings is 1. The van der Waals surface area contributed by atoms with E-state index in [-0.39, 0.29) is 11.8 Å². The number of thioether (sulfide) groups is 1. The highest BCUT2D eigenvalue weighted by molar-refractivity contribution is 8.00. The minimum absolute atomic E-state index is 0.0447. The summed E-state index contributed by atoms with van der Waals surface area (Å²) >= 11 is 1.41. The molecule has 0 spiro atoms. The highest BCUT2D eigenvalue weighted by Gasteiger charge is 2.19. The SMILES string of the molecule is O=C1CSc2c(cccc2NC(=O)c2cccc(OCc3ccc4ccccc4n3)c2)N1. The van der Waals surface area contributed by atoms with Crippen LogP contribution in [0.4, 0.5) is 11.4 Å². The maximum Gasteiger partial charge on any atom is 0.255 e. The maximum atomic E-state index is 12.9. The molecule has 0 unspecified atom stereocenters. The van der Waals surface area contributed by atoms with Crippen molar-refractivity contribution >= 4 is 45.9 Å². The lowest BCUT2D eigenvalue weighted by atomic mass is 10.2. The Bertz CT molecular complexity index is 1340. The molecule has 0 atom stereocenters. The second-order valence-electron chi connectivity index (χ2n) is 7.29. The molecule has 0 aliphatic carbocycles. The zero-order valence-electron chi connectivity index (χ0n) is 17.0. The Hall–Kier alpha value is -3.84. The minimum Gasteiger partial charge on any atom is -0.487 e. The molecule has 32 heavy (non-hydrogen) atoms. The molecule has 2 heterocycles. The summed E-state index contributed by atoms with van der Waals surface area (Å²) in [5.41, 5.74) is 3.60. The lowest BCUT2D eigenvalue weighted by Gasteiger charge is -2.19. The van der Waals surface area contributed by atoms with Crippen molar-refractivity contribution in [2.24, 2.45) is 0 Å².